The molecule has 1 aromatic heterocycles. The second-order valence-corrected chi connectivity index (χ2v) is 7.63. The van der Waals surface area contributed by atoms with Gasteiger partial charge in [0, 0.05) is 31.4 Å². The van der Waals surface area contributed by atoms with Gasteiger partial charge in [-0.15, -0.1) is 0 Å². The first-order valence-corrected chi connectivity index (χ1v) is 8.84. The van der Waals surface area contributed by atoms with E-state index < -0.39 is 21.1 Å². The summed E-state index contributed by atoms with van der Waals surface area (Å²) in [6.07, 6.45) is 1.50. The van der Waals surface area contributed by atoms with Crippen molar-refractivity contribution in [3.05, 3.63) is 32.6 Å². The van der Waals surface area contributed by atoms with Crippen molar-refractivity contribution in [1.29, 1.82) is 0 Å². The number of nitrogens with one attached hydrogen (secondary N) is 1. The van der Waals surface area contributed by atoms with Gasteiger partial charge in [-0.25, -0.2) is 13.2 Å². The van der Waals surface area contributed by atoms with E-state index in [1.54, 1.807) is 6.92 Å². The van der Waals surface area contributed by atoms with E-state index in [2.05, 4.69) is 4.98 Å². The summed E-state index contributed by atoms with van der Waals surface area (Å²) in [5.41, 5.74) is -0.881. The molecular formula is C13H19N3O5S. The normalized spacial score (nSPS) is 20.0. The molecule has 2 rings (SSSR count). The summed E-state index contributed by atoms with van der Waals surface area (Å²) in [5, 5.41) is 0. The zero-order chi connectivity index (χ0) is 16.5. The SMILES string of the molecule is CCN(C(=O)Cc1c[nH]c(=O)n(C)c1=O)C1CCS(=O)(=O)C1. The van der Waals surface area contributed by atoms with E-state index in [4.69, 9.17) is 0 Å². The maximum atomic E-state index is 12.4. The predicted octanol–water partition coefficient (Wildman–Crippen LogP) is -1.35. The van der Waals surface area contributed by atoms with Crippen LogP contribution in [0.2, 0.25) is 0 Å². The van der Waals surface area contributed by atoms with Gasteiger partial charge in [0.25, 0.3) is 5.56 Å². The Labute approximate surface area is 127 Å². The van der Waals surface area contributed by atoms with Crippen LogP contribution in [0.4, 0.5) is 0 Å². The molecule has 8 nitrogen and oxygen atoms in total. The molecule has 0 bridgehead atoms. The topological polar surface area (TPSA) is 109 Å². The minimum atomic E-state index is -3.08. The molecule has 22 heavy (non-hydrogen) atoms. The number of aromatic nitrogens is 2. The van der Waals surface area contributed by atoms with Crippen LogP contribution in [0.3, 0.4) is 0 Å². The molecule has 0 aliphatic carbocycles. The van der Waals surface area contributed by atoms with Crippen LogP contribution in [0.25, 0.3) is 0 Å². The predicted molar refractivity (Wildman–Crippen MR) is 80.5 cm³/mol. The van der Waals surface area contributed by atoms with Crippen LogP contribution in [0.5, 0.6) is 0 Å². The molecule has 1 aromatic rings. The third-order valence-electron chi connectivity index (χ3n) is 3.91. The molecule has 1 amide bonds. The van der Waals surface area contributed by atoms with Gasteiger partial charge in [0.05, 0.1) is 17.9 Å². The smallest absolute Gasteiger partial charge is 0.328 e. The zero-order valence-corrected chi connectivity index (χ0v) is 13.4. The average molecular weight is 329 g/mol. The standard InChI is InChI=1S/C13H19N3O5S/c1-3-16(10-4-5-22(20,21)8-10)11(17)6-9-7-14-13(19)15(2)12(9)18/h7,10H,3-6,8H2,1-2H3,(H,14,19). The van der Waals surface area contributed by atoms with Gasteiger partial charge in [-0.1, -0.05) is 0 Å². The monoisotopic (exact) mass is 329 g/mol. The summed E-state index contributed by atoms with van der Waals surface area (Å²) >= 11 is 0. The van der Waals surface area contributed by atoms with E-state index >= 15 is 0 Å². The lowest BCUT2D eigenvalue weighted by molar-refractivity contribution is -0.132. The fraction of sp³-hybridized carbons (Fsp3) is 0.615. The Morgan fingerprint density at radius 3 is 2.68 bits per heavy atom. The van der Waals surface area contributed by atoms with Crippen LogP contribution in [-0.2, 0) is 28.1 Å². The quantitative estimate of drug-likeness (QED) is 0.735. The van der Waals surface area contributed by atoms with Gasteiger partial charge in [-0.2, -0.15) is 0 Å². The summed E-state index contributed by atoms with van der Waals surface area (Å²) in [6, 6.07) is -0.339. The second kappa shape index (κ2) is 6.07. The number of nitrogens with zero attached hydrogens (tertiary/aromatic N) is 2. The second-order valence-electron chi connectivity index (χ2n) is 5.40. The highest BCUT2D eigenvalue weighted by Crippen LogP contribution is 2.18. The number of rotatable bonds is 4. The van der Waals surface area contributed by atoms with E-state index in [1.807, 2.05) is 0 Å². The van der Waals surface area contributed by atoms with Crippen molar-refractivity contribution in [3.63, 3.8) is 0 Å². The van der Waals surface area contributed by atoms with Gasteiger partial charge in [0.1, 0.15) is 0 Å². The van der Waals surface area contributed by atoms with E-state index in [-0.39, 0.29) is 35.4 Å². The lowest BCUT2D eigenvalue weighted by Gasteiger charge is -2.26. The number of amides is 1. The van der Waals surface area contributed by atoms with Gasteiger partial charge >= 0.3 is 5.69 Å². The van der Waals surface area contributed by atoms with Gasteiger partial charge in [-0.05, 0) is 13.3 Å². The van der Waals surface area contributed by atoms with E-state index in [0.29, 0.717) is 13.0 Å². The molecule has 1 fully saturated rings. The molecule has 0 spiro atoms. The number of likely N-dealkylation sites (N-methyl/N-ethyl adjacent to an activating group) is 1. The van der Waals surface area contributed by atoms with Crippen molar-refractivity contribution in [3.8, 4) is 0 Å². The number of carbonyl (C=O) groups excluding carboxylic acids is 1. The molecule has 0 radical (unpaired) electrons. The molecule has 2 heterocycles. The number of carbonyl (C=O) groups is 1. The van der Waals surface area contributed by atoms with Crippen molar-refractivity contribution >= 4 is 15.7 Å². The van der Waals surface area contributed by atoms with Crippen LogP contribution >= 0.6 is 0 Å². The highest BCUT2D eigenvalue weighted by Gasteiger charge is 2.34. The minimum Gasteiger partial charge on any atom is -0.339 e. The molecule has 1 N–H and O–H groups in total. The summed E-state index contributed by atoms with van der Waals surface area (Å²) in [7, 11) is -1.76. The van der Waals surface area contributed by atoms with Crippen molar-refractivity contribution in [2.75, 3.05) is 18.1 Å². The first kappa shape index (κ1) is 16.5. The lowest BCUT2D eigenvalue weighted by Crippen LogP contribution is -2.43. The van der Waals surface area contributed by atoms with Crippen molar-refractivity contribution < 1.29 is 13.2 Å². The first-order chi connectivity index (χ1) is 10.2. The molecule has 1 aliphatic rings. The maximum Gasteiger partial charge on any atom is 0.328 e. The fourth-order valence-electron chi connectivity index (χ4n) is 2.67. The van der Waals surface area contributed by atoms with Crippen molar-refractivity contribution in [2.24, 2.45) is 7.05 Å². The summed E-state index contributed by atoms with van der Waals surface area (Å²) in [4.78, 5) is 39.5. The first-order valence-electron chi connectivity index (χ1n) is 7.02. The van der Waals surface area contributed by atoms with Crippen molar-refractivity contribution in [2.45, 2.75) is 25.8 Å². The largest absolute Gasteiger partial charge is 0.339 e. The Morgan fingerprint density at radius 2 is 2.14 bits per heavy atom. The van der Waals surface area contributed by atoms with E-state index in [1.165, 1.54) is 18.1 Å². The number of hydrogen-bond acceptors (Lipinski definition) is 5. The summed E-state index contributed by atoms with van der Waals surface area (Å²) in [5.74, 6) is -0.258. The number of sulfone groups is 1. The van der Waals surface area contributed by atoms with Crippen LogP contribution in [0, 0.1) is 0 Å². The Balaban J connectivity index is 2.19. The van der Waals surface area contributed by atoms with Crippen LogP contribution < -0.4 is 11.2 Å². The van der Waals surface area contributed by atoms with E-state index in [9.17, 15) is 22.8 Å². The maximum absolute atomic E-state index is 12.4. The number of aromatic amines is 1. The Bertz CT molecular complexity index is 793. The zero-order valence-electron chi connectivity index (χ0n) is 12.5. The van der Waals surface area contributed by atoms with Gasteiger partial charge in [-0.3, -0.25) is 14.2 Å². The molecule has 0 aromatic carbocycles. The fourth-order valence-corrected chi connectivity index (χ4v) is 4.40. The van der Waals surface area contributed by atoms with Gasteiger partial charge in [0.2, 0.25) is 5.91 Å². The molecule has 9 heteroatoms. The Morgan fingerprint density at radius 1 is 1.45 bits per heavy atom. The third-order valence-corrected chi connectivity index (χ3v) is 5.66. The van der Waals surface area contributed by atoms with E-state index in [0.717, 1.165) is 4.57 Å². The molecule has 0 saturated carbocycles. The summed E-state index contributed by atoms with van der Waals surface area (Å²) in [6.45, 7) is 2.15. The van der Waals surface area contributed by atoms with Crippen LogP contribution in [0.1, 0.15) is 18.9 Å². The molecule has 1 aliphatic heterocycles. The summed E-state index contributed by atoms with van der Waals surface area (Å²) < 4.78 is 24.0. The van der Waals surface area contributed by atoms with Crippen molar-refractivity contribution in [1.82, 2.24) is 14.5 Å². The average Bonchev–Trinajstić information content (AvgIpc) is 2.80. The molecular weight excluding hydrogens is 310 g/mol. The lowest BCUT2D eigenvalue weighted by atomic mass is 10.1. The van der Waals surface area contributed by atoms with Gasteiger partial charge < -0.3 is 9.88 Å². The Kier molecular flexibility index (Phi) is 4.55. The third kappa shape index (κ3) is 3.29. The highest BCUT2D eigenvalue weighted by molar-refractivity contribution is 7.91. The highest BCUT2D eigenvalue weighted by atomic mass is 32.2. The molecule has 122 valence electrons. The minimum absolute atomic E-state index is 0.0315. The number of hydrogen-bond donors (Lipinski definition) is 1. The van der Waals surface area contributed by atoms with Crippen LogP contribution in [-0.4, -0.2) is 52.9 Å². The molecule has 1 unspecified atom stereocenters. The number of H-pyrrole nitrogens is 1. The van der Waals surface area contributed by atoms with Crippen LogP contribution in [0.15, 0.2) is 15.8 Å². The van der Waals surface area contributed by atoms with Gasteiger partial charge in [0.15, 0.2) is 9.84 Å². The molecule has 1 saturated heterocycles. The Hall–Kier alpha value is -1.90. The molecule has 1 atom stereocenters.